The smallest absolute Gasteiger partial charge is 0.408 e. The molecule has 6 N–H and O–H groups in total. The summed E-state index contributed by atoms with van der Waals surface area (Å²) < 4.78 is 10.6. The van der Waals surface area contributed by atoms with E-state index in [1.807, 2.05) is 58.0 Å². The standard InChI is InChI=1S/C38H65N5O8S/c1-23(2)19-29(30(44)20-26(7)40-34(46)32(24(3)4)42-36(48)50-22-27-15-12-11-13-16-27)39-21-31(45)28(17-14-18-52)41-35(47)33(25(5)6)43-37(49)51-38(8,9)10/h11-13,15-16,23-26,28-30,32-33,39,44,52H,14,17-22H2,1-10H3,(H,40,46)(H,41,47)(H,42,48)(H,43,49)/t26-,28-,29-,30-,32?,33-/m0/s1. The minimum atomic E-state index is -0.930. The van der Waals surface area contributed by atoms with E-state index >= 15 is 0 Å². The monoisotopic (exact) mass is 751 g/mol. The van der Waals surface area contributed by atoms with Gasteiger partial charge in [-0.2, -0.15) is 12.6 Å². The molecule has 0 aliphatic rings. The first kappa shape index (κ1) is 46.7. The number of aliphatic hydroxyl groups excluding tert-OH is 1. The van der Waals surface area contributed by atoms with Crippen molar-refractivity contribution in [3.05, 3.63) is 35.9 Å². The van der Waals surface area contributed by atoms with Crippen molar-refractivity contribution in [2.45, 2.75) is 143 Å². The summed E-state index contributed by atoms with van der Waals surface area (Å²) in [4.78, 5) is 65.0. The fraction of sp³-hybridized carbons (Fsp3) is 0.711. The molecule has 0 aliphatic heterocycles. The number of Topliss-reactive ketones (excluding diaryl/α,β-unsaturated/α-hetero) is 1. The van der Waals surface area contributed by atoms with Gasteiger partial charge in [-0.15, -0.1) is 0 Å². The van der Waals surface area contributed by atoms with Crippen LogP contribution in [0.25, 0.3) is 0 Å². The van der Waals surface area contributed by atoms with Crippen LogP contribution in [0.2, 0.25) is 0 Å². The molecule has 0 bridgehead atoms. The Balaban J connectivity index is 2.88. The first-order valence-corrected chi connectivity index (χ1v) is 19.0. The summed E-state index contributed by atoms with van der Waals surface area (Å²) in [6, 6.07) is 5.64. The van der Waals surface area contributed by atoms with E-state index in [1.54, 1.807) is 41.5 Å². The normalized spacial score (nSPS) is 15.2. The van der Waals surface area contributed by atoms with E-state index in [1.165, 1.54) is 0 Å². The molecule has 0 aliphatic carbocycles. The molecule has 13 nitrogen and oxygen atoms in total. The van der Waals surface area contributed by atoms with Crippen molar-refractivity contribution in [2.75, 3.05) is 12.3 Å². The summed E-state index contributed by atoms with van der Waals surface area (Å²) in [6.07, 6.45) is -0.730. The predicted octanol–water partition coefficient (Wildman–Crippen LogP) is 4.51. The summed E-state index contributed by atoms with van der Waals surface area (Å²) in [6.45, 7) is 18.1. The molecule has 0 saturated carbocycles. The van der Waals surface area contributed by atoms with E-state index in [9.17, 15) is 29.1 Å². The van der Waals surface area contributed by atoms with Gasteiger partial charge in [-0.3, -0.25) is 14.4 Å². The van der Waals surface area contributed by atoms with E-state index in [0.717, 1.165) is 5.56 Å². The van der Waals surface area contributed by atoms with Crippen molar-refractivity contribution < 1.29 is 38.6 Å². The van der Waals surface area contributed by atoms with Crippen LogP contribution in [-0.2, 0) is 30.5 Å². The minimum absolute atomic E-state index is 0.0700. The van der Waals surface area contributed by atoms with Crippen LogP contribution in [0.5, 0.6) is 0 Å². The number of ether oxygens (including phenoxy) is 2. The molecule has 0 radical (unpaired) electrons. The molecule has 0 spiro atoms. The molecule has 1 aromatic carbocycles. The molecule has 6 atom stereocenters. The third-order valence-corrected chi connectivity index (χ3v) is 8.44. The van der Waals surface area contributed by atoms with Gasteiger partial charge < -0.3 is 41.2 Å². The molecule has 1 aromatic rings. The van der Waals surface area contributed by atoms with Crippen LogP contribution >= 0.6 is 12.6 Å². The van der Waals surface area contributed by atoms with Gasteiger partial charge in [0.1, 0.15) is 24.3 Å². The molecular weight excluding hydrogens is 687 g/mol. The first-order chi connectivity index (χ1) is 24.2. The minimum Gasteiger partial charge on any atom is -0.445 e. The van der Waals surface area contributed by atoms with Crippen molar-refractivity contribution in [3.63, 3.8) is 0 Å². The third kappa shape index (κ3) is 18.9. The Kier molecular flexibility index (Phi) is 20.9. The van der Waals surface area contributed by atoms with Crippen LogP contribution in [0.3, 0.4) is 0 Å². The highest BCUT2D eigenvalue weighted by Crippen LogP contribution is 2.15. The van der Waals surface area contributed by atoms with Gasteiger partial charge in [0.2, 0.25) is 11.8 Å². The lowest BCUT2D eigenvalue weighted by molar-refractivity contribution is -0.129. The Labute approximate surface area is 316 Å². The number of amides is 4. The zero-order valence-corrected chi connectivity index (χ0v) is 33.7. The van der Waals surface area contributed by atoms with Crippen molar-refractivity contribution in [3.8, 4) is 0 Å². The Morgan fingerprint density at radius 2 is 1.35 bits per heavy atom. The topological polar surface area (TPSA) is 184 Å². The van der Waals surface area contributed by atoms with Gasteiger partial charge in [0.05, 0.1) is 18.7 Å². The van der Waals surface area contributed by atoms with Crippen molar-refractivity contribution >= 4 is 42.4 Å². The maximum atomic E-state index is 13.5. The molecular formula is C38H65N5O8S. The summed E-state index contributed by atoms with van der Waals surface area (Å²) in [5, 5.41) is 25.5. The highest BCUT2D eigenvalue weighted by atomic mass is 32.1. The average Bonchev–Trinajstić information content (AvgIpc) is 3.04. The number of hydrogen-bond acceptors (Lipinski definition) is 10. The van der Waals surface area contributed by atoms with Crippen molar-refractivity contribution in [1.29, 1.82) is 0 Å². The number of rotatable bonds is 22. The highest BCUT2D eigenvalue weighted by Gasteiger charge is 2.32. The Bertz CT molecular complexity index is 1260. The van der Waals surface area contributed by atoms with Crippen LogP contribution in [-0.4, -0.2) is 89.1 Å². The Morgan fingerprint density at radius 1 is 0.788 bits per heavy atom. The maximum Gasteiger partial charge on any atom is 0.408 e. The number of thiol groups is 1. The molecule has 0 saturated heterocycles. The van der Waals surface area contributed by atoms with Gasteiger partial charge in [-0.1, -0.05) is 71.9 Å². The second-order valence-electron chi connectivity index (χ2n) is 15.5. The zero-order valence-electron chi connectivity index (χ0n) is 32.8. The number of hydrogen-bond donors (Lipinski definition) is 7. The molecule has 52 heavy (non-hydrogen) atoms. The van der Waals surface area contributed by atoms with E-state index in [4.69, 9.17) is 9.47 Å². The maximum absolute atomic E-state index is 13.5. The third-order valence-electron chi connectivity index (χ3n) is 8.12. The number of ketones is 1. The number of nitrogens with one attached hydrogen (secondary N) is 5. The lowest BCUT2D eigenvalue weighted by Gasteiger charge is -2.30. The van der Waals surface area contributed by atoms with Gasteiger partial charge >= 0.3 is 12.2 Å². The Morgan fingerprint density at radius 3 is 1.87 bits per heavy atom. The highest BCUT2D eigenvalue weighted by molar-refractivity contribution is 7.80. The Hall–Kier alpha value is -3.36. The molecule has 1 rings (SSSR count). The van der Waals surface area contributed by atoms with Gasteiger partial charge in [-0.05, 0) is 82.4 Å². The number of aliphatic hydroxyl groups is 1. The quantitative estimate of drug-likeness (QED) is 0.0839. The summed E-state index contributed by atoms with van der Waals surface area (Å²) in [7, 11) is 0. The van der Waals surface area contributed by atoms with Crippen LogP contribution in [0.1, 0.15) is 100 Å². The molecule has 296 valence electrons. The van der Waals surface area contributed by atoms with Crippen molar-refractivity contribution in [1.82, 2.24) is 26.6 Å². The lowest BCUT2D eigenvalue weighted by Crippen LogP contribution is -2.56. The van der Waals surface area contributed by atoms with E-state index in [2.05, 4.69) is 39.2 Å². The van der Waals surface area contributed by atoms with Crippen LogP contribution in [0.4, 0.5) is 9.59 Å². The largest absolute Gasteiger partial charge is 0.445 e. The summed E-state index contributed by atoms with van der Waals surface area (Å²) in [5.41, 5.74) is 0.0772. The second kappa shape index (κ2) is 23.3. The van der Waals surface area contributed by atoms with E-state index in [-0.39, 0.29) is 43.1 Å². The fourth-order valence-corrected chi connectivity index (χ4v) is 5.61. The predicted molar refractivity (Wildman–Crippen MR) is 206 cm³/mol. The second-order valence-corrected chi connectivity index (χ2v) is 16.0. The molecule has 14 heteroatoms. The van der Waals surface area contributed by atoms with Gasteiger partial charge in [0, 0.05) is 12.1 Å². The fourth-order valence-electron chi connectivity index (χ4n) is 5.42. The summed E-state index contributed by atoms with van der Waals surface area (Å²) >= 11 is 4.28. The SMILES string of the molecule is CC(C)C[C@H](NCC(=O)[C@H](CCCS)NC(=O)[C@@H](NC(=O)OC(C)(C)C)C(C)C)[C@@H](O)C[C@H](C)NC(=O)C(NC(=O)OCc1ccccc1)C(C)C. The molecule has 0 fully saturated rings. The molecule has 0 aromatic heterocycles. The first-order valence-electron chi connectivity index (χ1n) is 18.4. The van der Waals surface area contributed by atoms with Gasteiger partial charge in [0.15, 0.2) is 5.78 Å². The van der Waals surface area contributed by atoms with Crippen LogP contribution < -0.4 is 26.6 Å². The molecule has 1 unspecified atom stereocenters. The lowest BCUT2D eigenvalue weighted by atomic mass is 9.94. The average molecular weight is 752 g/mol. The van der Waals surface area contributed by atoms with Gasteiger partial charge in [-0.25, -0.2) is 9.59 Å². The molecule has 4 amide bonds. The van der Waals surface area contributed by atoms with Crippen molar-refractivity contribution in [2.24, 2.45) is 17.8 Å². The van der Waals surface area contributed by atoms with Crippen LogP contribution in [0, 0.1) is 17.8 Å². The van der Waals surface area contributed by atoms with Crippen LogP contribution in [0.15, 0.2) is 30.3 Å². The van der Waals surface area contributed by atoms with E-state index in [0.29, 0.717) is 25.0 Å². The molecule has 0 heterocycles. The zero-order chi connectivity index (χ0) is 39.6. The van der Waals surface area contributed by atoms with Gasteiger partial charge in [0.25, 0.3) is 0 Å². The summed E-state index contributed by atoms with van der Waals surface area (Å²) in [5.74, 6) is -1.01. The van der Waals surface area contributed by atoms with E-state index < -0.39 is 65.9 Å². The number of benzene rings is 1. The number of carbonyl (C=O) groups excluding carboxylic acids is 5. The number of carbonyl (C=O) groups is 5. The number of alkyl carbamates (subject to hydrolysis) is 2.